The molecule has 2 bridgehead atoms. The van der Waals surface area contributed by atoms with Crippen LogP contribution < -0.4 is 0 Å². The number of hydrogen-bond acceptors (Lipinski definition) is 3. The average molecular weight is 353 g/mol. The van der Waals surface area contributed by atoms with Crippen molar-refractivity contribution in [2.24, 2.45) is 11.8 Å². The summed E-state index contributed by atoms with van der Waals surface area (Å²) in [6, 6.07) is 0. The number of fused-ring (bicyclic) bond motifs is 2. The molecule has 0 aromatic carbocycles. The lowest BCUT2D eigenvalue weighted by molar-refractivity contribution is -0.137. The molecule has 0 amide bonds. The molecule has 0 aromatic rings. The molecule has 0 aromatic heterocycles. The van der Waals surface area contributed by atoms with Crippen LogP contribution in [0, 0.1) is 11.8 Å². The number of unbranched alkanes of at least 4 members (excludes halogenated alkanes) is 1. The van der Waals surface area contributed by atoms with Crippen LogP contribution in [-0.2, 0) is 9.53 Å². The molecule has 4 atom stereocenters. The summed E-state index contributed by atoms with van der Waals surface area (Å²) in [5.41, 5.74) is 0. The first-order chi connectivity index (χ1) is 11.7. The van der Waals surface area contributed by atoms with E-state index in [-0.39, 0.29) is 6.42 Å². The van der Waals surface area contributed by atoms with Crippen molar-refractivity contribution < 1.29 is 14.6 Å². The first-order valence-corrected chi connectivity index (χ1v) is 10.6. The number of hydrogen-bond donors (Lipinski definition) is 1. The molecule has 136 valence electrons. The Balaban J connectivity index is 1.68. The molecule has 0 aliphatic carbocycles. The van der Waals surface area contributed by atoms with Crippen LogP contribution in [-0.4, -0.2) is 34.8 Å². The zero-order chi connectivity index (χ0) is 17.2. The van der Waals surface area contributed by atoms with Gasteiger partial charge in [0, 0.05) is 6.42 Å². The Morgan fingerprint density at radius 1 is 1.12 bits per heavy atom. The van der Waals surface area contributed by atoms with Crippen LogP contribution in [0.4, 0.5) is 0 Å². The highest BCUT2D eigenvalue weighted by molar-refractivity contribution is 7.99. The van der Waals surface area contributed by atoms with Gasteiger partial charge in [-0.2, -0.15) is 11.8 Å². The molecule has 2 heterocycles. The Hall–Kier alpha value is -0.740. The van der Waals surface area contributed by atoms with Crippen molar-refractivity contribution in [1.29, 1.82) is 0 Å². The van der Waals surface area contributed by atoms with E-state index in [1.54, 1.807) is 0 Å². The molecule has 4 unspecified atom stereocenters. The van der Waals surface area contributed by atoms with Crippen molar-refractivity contribution >= 4 is 17.7 Å². The van der Waals surface area contributed by atoms with E-state index in [9.17, 15) is 4.79 Å². The van der Waals surface area contributed by atoms with Crippen LogP contribution in [0.15, 0.2) is 24.3 Å². The first-order valence-electron chi connectivity index (χ1n) is 9.47. The Bertz CT molecular complexity index is 433. The molecule has 0 saturated carbocycles. The normalized spacial score (nSPS) is 29.2. The van der Waals surface area contributed by atoms with E-state index in [0.717, 1.165) is 25.7 Å². The Morgan fingerprint density at radius 3 is 2.62 bits per heavy atom. The quantitative estimate of drug-likeness (QED) is 0.393. The number of ether oxygens (including phenoxy) is 1. The molecule has 2 rings (SSSR count). The summed E-state index contributed by atoms with van der Waals surface area (Å²) in [5, 5.41) is 8.65. The standard InChI is InChI=1S/C20H32O3S/c1-2-3-4-9-14-24-15-17-16(18-12-13-19(17)23-18)10-7-5-6-8-11-20(21)22/h3-5,7,16-19H,2,6,8-15H2,1H3,(H,21,22)/b4-3-,7-5-. The van der Waals surface area contributed by atoms with Crippen molar-refractivity contribution in [2.45, 2.75) is 70.5 Å². The Labute approximate surface area is 150 Å². The van der Waals surface area contributed by atoms with Crippen LogP contribution in [0.25, 0.3) is 0 Å². The number of allylic oxidation sites excluding steroid dienone is 4. The first kappa shape index (κ1) is 19.6. The van der Waals surface area contributed by atoms with E-state index in [1.165, 1.54) is 30.8 Å². The number of aliphatic carboxylic acids is 1. The van der Waals surface area contributed by atoms with Crippen LogP contribution in [0.3, 0.4) is 0 Å². The molecule has 1 N–H and O–H groups in total. The van der Waals surface area contributed by atoms with Gasteiger partial charge in [-0.05, 0) is 68.3 Å². The maximum absolute atomic E-state index is 10.5. The van der Waals surface area contributed by atoms with Crippen molar-refractivity contribution in [1.82, 2.24) is 0 Å². The second-order valence-electron chi connectivity index (χ2n) is 6.85. The van der Waals surface area contributed by atoms with Crippen LogP contribution in [0.5, 0.6) is 0 Å². The van der Waals surface area contributed by atoms with Crippen molar-refractivity contribution in [3.8, 4) is 0 Å². The van der Waals surface area contributed by atoms with E-state index in [0.29, 0.717) is 24.0 Å². The maximum atomic E-state index is 10.5. The van der Waals surface area contributed by atoms with Gasteiger partial charge in [-0.25, -0.2) is 0 Å². The van der Waals surface area contributed by atoms with Gasteiger partial charge in [-0.15, -0.1) is 0 Å². The summed E-state index contributed by atoms with van der Waals surface area (Å²) in [4.78, 5) is 10.5. The summed E-state index contributed by atoms with van der Waals surface area (Å²) in [7, 11) is 0. The monoisotopic (exact) mass is 352 g/mol. The van der Waals surface area contributed by atoms with E-state index in [2.05, 4.69) is 43.0 Å². The topological polar surface area (TPSA) is 46.5 Å². The summed E-state index contributed by atoms with van der Waals surface area (Å²) >= 11 is 2.07. The highest BCUT2D eigenvalue weighted by atomic mass is 32.2. The van der Waals surface area contributed by atoms with Gasteiger partial charge >= 0.3 is 5.97 Å². The van der Waals surface area contributed by atoms with Crippen LogP contribution in [0.2, 0.25) is 0 Å². The molecule has 2 aliphatic heterocycles. The van der Waals surface area contributed by atoms with Gasteiger partial charge in [0.15, 0.2) is 0 Å². The smallest absolute Gasteiger partial charge is 0.303 e. The number of carboxylic acid groups (broad SMARTS) is 1. The fourth-order valence-electron chi connectivity index (χ4n) is 3.83. The van der Waals surface area contributed by atoms with Crippen molar-refractivity contribution in [2.75, 3.05) is 11.5 Å². The number of carboxylic acids is 1. The molecule has 3 nitrogen and oxygen atoms in total. The van der Waals surface area contributed by atoms with Crippen LogP contribution in [0.1, 0.15) is 58.3 Å². The summed E-state index contributed by atoms with van der Waals surface area (Å²) < 4.78 is 6.16. The lowest BCUT2D eigenvalue weighted by Crippen LogP contribution is -2.28. The zero-order valence-electron chi connectivity index (χ0n) is 14.9. The Morgan fingerprint density at radius 2 is 1.88 bits per heavy atom. The van der Waals surface area contributed by atoms with E-state index in [1.807, 2.05) is 0 Å². The lowest BCUT2D eigenvalue weighted by atomic mass is 9.78. The predicted octanol–water partition coefficient (Wildman–Crippen LogP) is 5.07. The summed E-state index contributed by atoms with van der Waals surface area (Å²) in [6.07, 6.45) is 17.7. The lowest BCUT2D eigenvalue weighted by Gasteiger charge is -2.26. The molecule has 2 aliphatic rings. The fraction of sp³-hybridized carbons (Fsp3) is 0.750. The minimum Gasteiger partial charge on any atom is -0.481 e. The Kier molecular flexibility index (Phi) is 8.97. The van der Waals surface area contributed by atoms with Gasteiger partial charge < -0.3 is 9.84 Å². The van der Waals surface area contributed by atoms with E-state index < -0.39 is 5.97 Å². The minimum absolute atomic E-state index is 0.271. The molecule has 0 radical (unpaired) electrons. The average Bonchev–Trinajstić information content (AvgIpc) is 3.15. The van der Waals surface area contributed by atoms with Gasteiger partial charge in [0.05, 0.1) is 12.2 Å². The third-order valence-corrected chi connectivity index (χ3v) is 6.21. The molecular formula is C20H32O3S. The van der Waals surface area contributed by atoms with Crippen LogP contribution >= 0.6 is 11.8 Å². The van der Waals surface area contributed by atoms with E-state index >= 15 is 0 Å². The zero-order valence-corrected chi connectivity index (χ0v) is 15.7. The third kappa shape index (κ3) is 6.29. The second-order valence-corrected chi connectivity index (χ2v) is 8.00. The molecule has 0 spiro atoms. The van der Waals surface area contributed by atoms with Gasteiger partial charge in [-0.1, -0.05) is 31.2 Å². The number of carbonyl (C=O) groups is 1. The summed E-state index contributed by atoms with van der Waals surface area (Å²) in [6.45, 7) is 2.18. The van der Waals surface area contributed by atoms with E-state index in [4.69, 9.17) is 9.84 Å². The highest BCUT2D eigenvalue weighted by Crippen LogP contribution is 2.46. The molecule has 4 heteroatoms. The fourth-order valence-corrected chi connectivity index (χ4v) is 5.03. The molecular weight excluding hydrogens is 320 g/mol. The largest absolute Gasteiger partial charge is 0.481 e. The SMILES string of the molecule is CC/C=C\CCSCC1C2CCC(O2)C1C/C=C\CCCC(=O)O. The maximum Gasteiger partial charge on any atom is 0.303 e. The van der Waals surface area contributed by atoms with Gasteiger partial charge in [-0.3, -0.25) is 4.79 Å². The predicted molar refractivity (Wildman–Crippen MR) is 101 cm³/mol. The number of rotatable bonds is 12. The third-order valence-electron chi connectivity index (χ3n) is 5.07. The molecule has 2 fully saturated rings. The molecule has 24 heavy (non-hydrogen) atoms. The summed E-state index contributed by atoms with van der Waals surface area (Å²) in [5.74, 6) is 3.10. The molecule has 2 saturated heterocycles. The van der Waals surface area contributed by atoms with Crippen molar-refractivity contribution in [3.05, 3.63) is 24.3 Å². The minimum atomic E-state index is -0.698. The second kappa shape index (κ2) is 11.0. The van der Waals surface area contributed by atoms with Gasteiger partial charge in [0.2, 0.25) is 0 Å². The highest BCUT2D eigenvalue weighted by Gasteiger charge is 2.47. The van der Waals surface area contributed by atoms with Gasteiger partial charge in [0.1, 0.15) is 0 Å². The number of thioether (sulfide) groups is 1. The van der Waals surface area contributed by atoms with Crippen molar-refractivity contribution in [3.63, 3.8) is 0 Å². The van der Waals surface area contributed by atoms with Gasteiger partial charge in [0.25, 0.3) is 0 Å².